The Balaban J connectivity index is 2.16. The summed E-state index contributed by atoms with van der Waals surface area (Å²) < 4.78 is 0. The quantitative estimate of drug-likeness (QED) is 0.429. The van der Waals surface area contributed by atoms with Gasteiger partial charge >= 0.3 is 0 Å². The minimum absolute atomic E-state index is 0.0580. The van der Waals surface area contributed by atoms with Crippen molar-refractivity contribution in [3.63, 3.8) is 0 Å². The molecule has 4 N–H and O–H groups in total. The predicted molar refractivity (Wildman–Crippen MR) is 79.7 cm³/mol. The Bertz CT molecular complexity index is 614. The molecule has 0 aromatic carbocycles. The summed E-state index contributed by atoms with van der Waals surface area (Å²) in [5, 5.41) is 16.0. The molecule has 2 heterocycles. The van der Waals surface area contributed by atoms with Gasteiger partial charge in [0.1, 0.15) is 11.6 Å². The first-order valence-electron chi connectivity index (χ1n) is 6.06. The number of anilines is 2. The molecular weight excluding hydrogens is 278 g/mol. The summed E-state index contributed by atoms with van der Waals surface area (Å²) in [7, 11) is 0. The van der Waals surface area contributed by atoms with Gasteiger partial charge in [-0.3, -0.25) is 10.1 Å². The zero-order valence-corrected chi connectivity index (χ0v) is 11.7. The lowest BCUT2D eigenvalue weighted by molar-refractivity contribution is -0.384. The zero-order chi connectivity index (χ0) is 14.5. The van der Waals surface area contributed by atoms with Gasteiger partial charge < -0.3 is 10.7 Å². The average Bonchev–Trinajstić information content (AvgIpc) is 2.92. The van der Waals surface area contributed by atoms with Crippen molar-refractivity contribution < 1.29 is 4.92 Å². The molecular formula is C12H15N5O2S. The highest BCUT2D eigenvalue weighted by molar-refractivity contribution is 7.10. The van der Waals surface area contributed by atoms with Crippen molar-refractivity contribution in [3.8, 4) is 0 Å². The first kappa shape index (κ1) is 14.2. The van der Waals surface area contributed by atoms with Crippen LogP contribution < -0.4 is 16.6 Å². The fourth-order valence-electron chi connectivity index (χ4n) is 1.79. The van der Waals surface area contributed by atoms with E-state index in [0.29, 0.717) is 12.4 Å². The van der Waals surface area contributed by atoms with E-state index in [-0.39, 0.29) is 11.5 Å². The molecule has 0 saturated carbocycles. The number of pyridine rings is 1. The van der Waals surface area contributed by atoms with Gasteiger partial charge in [-0.05, 0) is 23.4 Å². The van der Waals surface area contributed by atoms with E-state index in [1.807, 2.05) is 5.38 Å². The van der Waals surface area contributed by atoms with Crippen molar-refractivity contribution in [2.45, 2.75) is 19.9 Å². The summed E-state index contributed by atoms with van der Waals surface area (Å²) in [6.45, 7) is 2.67. The largest absolute Gasteiger partial charge is 0.365 e. The molecule has 0 spiro atoms. The van der Waals surface area contributed by atoms with Gasteiger partial charge in [-0.15, -0.1) is 11.3 Å². The number of rotatable bonds is 6. The van der Waals surface area contributed by atoms with Crippen molar-refractivity contribution in [3.05, 3.63) is 44.1 Å². The fourth-order valence-corrected chi connectivity index (χ4v) is 2.71. The summed E-state index contributed by atoms with van der Waals surface area (Å²) >= 11 is 1.65. The van der Waals surface area contributed by atoms with E-state index >= 15 is 0 Å². The third-order valence-corrected chi connectivity index (χ3v) is 3.78. The summed E-state index contributed by atoms with van der Waals surface area (Å²) in [5.74, 6) is 5.94. The Morgan fingerprint density at radius 1 is 1.45 bits per heavy atom. The maximum Gasteiger partial charge on any atom is 0.276 e. The van der Waals surface area contributed by atoms with Crippen molar-refractivity contribution in [2.75, 3.05) is 10.7 Å². The number of hydrogen-bond donors (Lipinski definition) is 3. The number of nitrogens with one attached hydrogen (secondary N) is 2. The SMILES string of the molecule is CCc1ccsc1CNc1cc([N+](=O)[O-])cc(NN)n1. The number of hydrogen-bond acceptors (Lipinski definition) is 7. The van der Waals surface area contributed by atoms with Crippen LogP contribution in [-0.4, -0.2) is 9.91 Å². The molecule has 0 aliphatic rings. The van der Waals surface area contributed by atoms with Crippen LogP contribution in [0.1, 0.15) is 17.4 Å². The minimum Gasteiger partial charge on any atom is -0.365 e. The van der Waals surface area contributed by atoms with Crippen molar-refractivity contribution in [2.24, 2.45) is 5.84 Å². The molecule has 0 aliphatic heterocycles. The van der Waals surface area contributed by atoms with E-state index in [2.05, 4.69) is 28.7 Å². The highest BCUT2D eigenvalue weighted by Crippen LogP contribution is 2.22. The molecule has 20 heavy (non-hydrogen) atoms. The lowest BCUT2D eigenvalue weighted by Crippen LogP contribution is -2.11. The molecule has 0 aliphatic carbocycles. The molecule has 0 atom stereocenters. The van der Waals surface area contributed by atoms with Crippen LogP contribution in [0.4, 0.5) is 17.3 Å². The highest BCUT2D eigenvalue weighted by atomic mass is 32.1. The van der Waals surface area contributed by atoms with Crippen molar-refractivity contribution in [1.29, 1.82) is 0 Å². The Hall–Kier alpha value is -2.19. The van der Waals surface area contributed by atoms with Crippen LogP contribution in [0, 0.1) is 10.1 Å². The normalized spacial score (nSPS) is 10.3. The van der Waals surface area contributed by atoms with Crippen LogP contribution in [-0.2, 0) is 13.0 Å². The molecule has 2 aromatic rings. The third-order valence-electron chi connectivity index (χ3n) is 2.82. The zero-order valence-electron chi connectivity index (χ0n) is 10.9. The first-order chi connectivity index (χ1) is 9.63. The second-order valence-corrected chi connectivity index (χ2v) is 5.07. The second-order valence-electron chi connectivity index (χ2n) is 4.07. The van der Waals surface area contributed by atoms with E-state index in [4.69, 9.17) is 5.84 Å². The first-order valence-corrected chi connectivity index (χ1v) is 6.94. The van der Waals surface area contributed by atoms with Crippen LogP contribution in [0.3, 0.4) is 0 Å². The average molecular weight is 293 g/mol. The van der Waals surface area contributed by atoms with Crippen LogP contribution in [0.25, 0.3) is 0 Å². The van der Waals surface area contributed by atoms with Gasteiger partial charge in [0.25, 0.3) is 5.69 Å². The predicted octanol–water partition coefficient (Wildman–Crippen LogP) is 2.51. The van der Waals surface area contributed by atoms with Crippen molar-refractivity contribution in [1.82, 2.24) is 4.98 Å². The van der Waals surface area contributed by atoms with E-state index in [1.165, 1.54) is 22.6 Å². The maximum absolute atomic E-state index is 10.8. The molecule has 2 rings (SSSR count). The number of nitro groups is 1. The molecule has 8 heteroatoms. The number of aromatic nitrogens is 1. The Morgan fingerprint density at radius 3 is 2.85 bits per heavy atom. The molecule has 0 bridgehead atoms. The third kappa shape index (κ3) is 3.22. The van der Waals surface area contributed by atoms with Gasteiger partial charge in [0.2, 0.25) is 0 Å². The van der Waals surface area contributed by atoms with E-state index in [0.717, 1.165) is 6.42 Å². The smallest absolute Gasteiger partial charge is 0.276 e. The summed E-state index contributed by atoms with van der Waals surface area (Å²) in [6.07, 6.45) is 0.957. The van der Waals surface area contributed by atoms with Crippen LogP contribution >= 0.6 is 11.3 Å². The van der Waals surface area contributed by atoms with E-state index in [1.54, 1.807) is 11.3 Å². The Kier molecular flexibility index (Phi) is 4.49. The second kappa shape index (κ2) is 6.31. The summed E-state index contributed by atoms with van der Waals surface area (Å²) in [5.41, 5.74) is 3.54. The number of aryl methyl sites for hydroxylation is 1. The van der Waals surface area contributed by atoms with Gasteiger partial charge in [-0.25, -0.2) is 10.8 Å². The van der Waals surface area contributed by atoms with Crippen molar-refractivity contribution >= 4 is 28.7 Å². The van der Waals surface area contributed by atoms with Gasteiger partial charge in [0, 0.05) is 4.88 Å². The molecule has 0 fully saturated rings. The van der Waals surface area contributed by atoms with Gasteiger partial charge in [0.05, 0.1) is 23.6 Å². The van der Waals surface area contributed by atoms with Gasteiger partial charge in [0.15, 0.2) is 0 Å². The number of nitrogens with zero attached hydrogens (tertiary/aromatic N) is 2. The standard InChI is InChI=1S/C12H15N5O2S/c1-2-8-3-4-20-10(8)7-14-11-5-9(17(18)19)6-12(15-11)16-13/h3-6H,2,7,13H2,1H3,(H2,14,15,16). The van der Waals surface area contributed by atoms with Crippen LogP contribution in [0.15, 0.2) is 23.6 Å². The lowest BCUT2D eigenvalue weighted by atomic mass is 10.2. The topological polar surface area (TPSA) is 106 Å². The molecule has 0 amide bonds. The molecule has 2 aromatic heterocycles. The fraction of sp³-hybridized carbons (Fsp3) is 0.250. The number of hydrazine groups is 1. The van der Waals surface area contributed by atoms with E-state index < -0.39 is 4.92 Å². The lowest BCUT2D eigenvalue weighted by Gasteiger charge is -2.07. The molecule has 0 radical (unpaired) electrons. The maximum atomic E-state index is 10.8. The summed E-state index contributed by atoms with van der Waals surface area (Å²) in [6, 6.07) is 4.75. The van der Waals surface area contributed by atoms with E-state index in [9.17, 15) is 10.1 Å². The van der Waals surface area contributed by atoms with Gasteiger partial charge in [-0.1, -0.05) is 6.92 Å². The highest BCUT2D eigenvalue weighted by Gasteiger charge is 2.11. The Morgan fingerprint density at radius 2 is 2.20 bits per heavy atom. The van der Waals surface area contributed by atoms with Crippen LogP contribution in [0.2, 0.25) is 0 Å². The number of thiophene rings is 1. The minimum atomic E-state index is -0.476. The molecule has 0 unspecified atom stereocenters. The number of nitrogens with two attached hydrogens (primary N) is 1. The summed E-state index contributed by atoms with van der Waals surface area (Å²) in [4.78, 5) is 15.7. The Labute approximate surface area is 120 Å². The van der Waals surface area contributed by atoms with Crippen LogP contribution in [0.5, 0.6) is 0 Å². The molecule has 0 saturated heterocycles. The molecule has 106 valence electrons. The monoisotopic (exact) mass is 293 g/mol. The molecule has 7 nitrogen and oxygen atoms in total. The van der Waals surface area contributed by atoms with Gasteiger partial charge in [-0.2, -0.15) is 0 Å². The number of nitrogen functional groups attached to an aromatic ring is 1.